The summed E-state index contributed by atoms with van der Waals surface area (Å²) in [6, 6.07) is 5.39. The molecule has 0 bridgehead atoms. The molecule has 0 radical (unpaired) electrons. The van der Waals surface area contributed by atoms with E-state index in [1.807, 2.05) is 19.9 Å². The van der Waals surface area contributed by atoms with Gasteiger partial charge < -0.3 is 0 Å². The Balaban J connectivity index is 2.30. The Hall–Kier alpha value is -0.550. The molecule has 2 nitrogen and oxygen atoms in total. The zero-order chi connectivity index (χ0) is 14.9. The van der Waals surface area contributed by atoms with Crippen molar-refractivity contribution < 1.29 is 4.79 Å². The van der Waals surface area contributed by atoms with Gasteiger partial charge in [0.15, 0.2) is 0 Å². The van der Waals surface area contributed by atoms with Crippen LogP contribution < -0.4 is 0 Å². The fourth-order valence-corrected chi connectivity index (χ4v) is 3.56. The number of hydrogen-bond donors (Lipinski definition) is 0. The monoisotopic (exact) mass is 345 g/mol. The first kappa shape index (κ1) is 15.8. The van der Waals surface area contributed by atoms with E-state index in [1.54, 1.807) is 23.1 Å². The maximum Gasteiger partial charge on any atom is 0.266 e. The van der Waals surface area contributed by atoms with E-state index < -0.39 is 0 Å². The molecule has 1 heterocycles. The summed E-state index contributed by atoms with van der Waals surface area (Å²) in [5, 5.41) is 0.966. The molecule has 0 spiro atoms. The third kappa shape index (κ3) is 3.19. The average Bonchev–Trinajstić information content (AvgIpc) is 2.68. The van der Waals surface area contributed by atoms with Gasteiger partial charge in [0.2, 0.25) is 0 Å². The summed E-state index contributed by atoms with van der Waals surface area (Å²) in [5.41, 5.74) is 0.837. The SMILES string of the molecule is CCC(C)N1C(=O)C(=Cc2ccc(Cl)c(Cl)c2)SC1=S. The Morgan fingerprint density at radius 2 is 2.10 bits per heavy atom. The smallest absolute Gasteiger partial charge is 0.266 e. The summed E-state index contributed by atoms with van der Waals surface area (Å²) in [6.45, 7) is 4.03. The van der Waals surface area contributed by atoms with Gasteiger partial charge in [-0.05, 0) is 37.1 Å². The standard InChI is InChI=1S/C14H13Cl2NOS2/c1-3-8(2)17-13(18)12(20-14(17)19)7-9-4-5-10(15)11(16)6-9/h4-8H,3H2,1-2H3. The molecule has 0 saturated carbocycles. The van der Waals surface area contributed by atoms with Crippen molar-refractivity contribution in [2.75, 3.05) is 0 Å². The van der Waals surface area contributed by atoms with Gasteiger partial charge in [-0.25, -0.2) is 0 Å². The van der Waals surface area contributed by atoms with Crippen LogP contribution in [0.2, 0.25) is 10.0 Å². The second-order valence-corrected chi connectivity index (χ2v) is 6.97. The Labute approximate surface area is 138 Å². The molecular formula is C14H13Cl2NOS2. The topological polar surface area (TPSA) is 20.3 Å². The minimum absolute atomic E-state index is 0.0413. The Bertz CT molecular complexity index is 601. The van der Waals surface area contributed by atoms with E-state index in [1.165, 1.54) is 11.8 Å². The molecule has 1 aromatic carbocycles. The van der Waals surface area contributed by atoms with Gasteiger partial charge in [0.05, 0.1) is 15.0 Å². The van der Waals surface area contributed by atoms with Gasteiger partial charge in [-0.3, -0.25) is 9.69 Å². The van der Waals surface area contributed by atoms with Gasteiger partial charge in [-0.2, -0.15) is 0 Å². The lowest BCUT2D eigenvalue weighted by Gasteiger charge is -2.21. The number of benzene rings is 1. The van der Waals surface area contributed by atoms with Crippen molar-refractivity contribution in [3.8, 4) is 0 Å². The average molecular weight is 346 g/mol. The third-order valence-electron chi connectivity index (χ3n) is 3.10. The number of thiocarbonyl (C=S) groups is 1. The van der Waals surface area contributed by atoms with Crippen molar-refractivity contribution in [1.29, 1.82) is 0 Å². The van der Waals surface area contributed by atoms with Gasteiger partial charge in [-0.15, -0.1) is 0 Å². The van der Waals surface area contributed by atoms with Gasteiger partial charge in [0.25, 0.3) is 5.91 Å². The summed E-state index contributed by atoms with van der Waals surface area (Å²) in [5.74, 6) is -0.0413. The minimum atomic E-state index is -0.0413. The zero-order valence-electron chi connectivity index (χ0n) is 11.0. The lowest BCUT2D eigenvalue weighted by molar-refractivity contribution is -0.123. The summed E-state index contributed by atoms with van der Waals surface area (Å²) in [4.78, 5) is 14.7. The fraction of sp³-hybridized carbons (Fsp3) is 0.286. The van der Waals surface area contributed by atoms with E-state index in [0.29, 0.717) is 19.3 Å². The Morgan fingerprint density at radius 1 is 1.40 bits per heavy atom. The molecule has 106 valence electrons. The minimum Gasteiger partial charge on any atom is -0.290 e. The van der Waals surface area contributed by atoms with Crippen molar-refractivity contribution in [3.05, 3.63) is 38.7 Å². The number of thioether (sulfide) groups is 1. The summed E-state index contributed by atoms with van der Waals surface area (Å²) in [6.07, 6.45) is 2.66. The normalized spacial score (nSPS) is 19.0. The van der Waals surface area contributed by atoms with Crippen LogP contribution in [0.5, 0.6) is 0 Å². The first-order valence-corrected chi connectivity index (χ1v) is 8.14. The summed E-state index contributed by atoms with van der Waals surface area (Å²) in [7, 11) is 0. The van der Waals surface area contributed by atoms with Crippen molar-refractivity contribution in [1.82, 2.24) is 4.90 Å². The Morgan fingerprint density at radius 3 is 2.70 bits per heavy atom. The molecule has 0 aromatic heterocycles. The van der Waals surface area contributed by atoms with Crippen molar-refractivity contribution >= 4 is 63.5 Å². The Kier molecular flexibility index (Phi) is 5.13. The molecule has 1 aromatic rings. The van der Waals surface area contributed by atoms with Gasteiger partial charge in [0, 0.05) is 6.04 Å². The maximum absolute atomic E-state index is 12.4. The molecule has 0 N–H and O–H groups in total. The third-order valence-corrected chi connectivity index (χ3v) is 5.17. The fourth-order valence-electron chi connectivity index (χ4n) is 1.80. The number of carbonyl (C=O) groups is 1. The molecule has 1 saturated heterocycles. The quantitative estimate of drug-likeness (QED) is 0.568. The molecule has 1 unspecified atom stereocenters. The van der Waals surface area contributed by atoms with Crippen LogP contribution in [0.4, 0.5) is 0 Å². The van der Waals surface area contributed by atoms with E-state index in [0.717, 1.165) is 12.0 Å². The lowest BCUT2D eigenvalue weighted by Crippen LogP contribution is -2.36. The van der Waals surface area contributed by atoms with E-state index in [-0.39, 0.29) is 11.9 Å². The number of halogens is 2. The molecular weight excluding hydrogens is 333 g/mol. The van der Waals surface area contributed by atoms with Crippen LogP contribution in [-0.2, 0) is 4.79 Å². The molecule has 1 aliphatic heterocycles. The highest BCUT2D eigenvalue weighted by molar-refractivity contribution is 8.26. The number of rotatable bonds is 3. The predicted molar refractivity (Wildman–Crippen MR) is 91.2 cm³/mol. The van der Waals surface area contributed by atoms with Crippen LogP contribution >= 0.6 is 47.2 Å². The van der Waals surface area contributed by atoms with Crippen molar-refractivity contribution in [2.45, 2.75) is 26.3 Å². The van der Waals surface area contributed by atoms with Gasteiger partial charge in [0.1, 0.15) is 4.32 Å². The van der Waals surface area contributed by atoms with Crippen LogP contribution in [0, 0.1) is 0 Å². The molecule has 0 aliphatic carbocycles. The van der Waals surface area contributed by atoms with Crippen LogP contribution in [0.3, 0.4) is 0 Å². The summed E-state index contributed by atoms with van der Waals surface area (Å²) >= 11 is 18.5. The van der Waals surface area contributed by atoms with E-state index in [4.69, 9.17) is 35.4 Å². The highest BCUT2D eigenvalue weighted by Crippen LogP contribution is 2.35. The predicted octanol–water partition coefficient (Wildman–Crippen LogP) is 4.99. The zero-order valence-corrected chi connectivity index (χ0v) is 14.2. The molecule has 1 fully saturated rings. The number of hydrogen-bond acceptors (Lipinski definition) is 3. The molecule has 1 amide bonds. The second kappa shape index (κ2) is 6.48. The van der Waals surface area contributed by atoms with Crippen LogP contribution in [0.1, 0.15) is 25.8 Å². The second-order valence-electron chi connectivity index (χ2n) is 4.48. The van der Waals surface area contributed by atoms with Gasteiger partial charge >= 0.3 is 0 Å². The highest BCUT2D eigenvalue weighted by Gasteiger charge is 2.34. The van der Waals surface area contributed by atoms with Crippen LogP contribution in [0.25, 0.3) is 6.08 Å². The van der Waals surface area contributed by atoms with Gasteiger partial charge in [-0.1, -0.05) is 60.2 Å². The number of carbonyl (C=O) groups excluding carboxylic acids is 1. The summed E-state index contributed by atoms with van der Waals surface area (Å²) < 4.78 is 0.607. The lowest BCUT2D eigenvalue weighted by atomic mass is 10.2. The molecule has 20 heavy (non-hydrogen) atoms. The molecule has 2 rings (SSSR count). The van der Waals surface area contributed by atoms with Crippen LogP contribution in [0.15, 0.2) is 23.1 Å². The maximum atomic E-state index is 12.4. The van der Waals surface area contributed by atoms with E-state index in [2.05, 4.69) is 0 Å². The van der Waals surface area contributed by atoms with Crippen molar-refractivity contribution in [2.24, 2.45) is 0 Å². The number of nitrogens with zero attached hydrogens (tertiary/aromatic N) is 1. The number of amides is 1. The first-order valence-electron chi connectivity index (χ1n) is 6.16. The molecule has 6 heteroatoms. The van der Waals surface area contributed by atoms with Crippen LogP contribution in [-0.4, -0.2) is 21.2 Å². The largest absolute Gasteiger partial charge is 0.290 e. The first-order chi connectivity index (χ1) is 9.43. The highest BCUT2D eigenvalue weighted by atomic mass is 35.5. The van der Waals surface area contributed by atoms with E-state index in [9.17, 15) is 4.79 Å². The molecule has 1 aliphatic rings. The van der Waals surface area contributed by atoms with Crippen molar-refractivity contribution in [3.63, 3.8) is 0 Å². The van der Waals surface area contributed by atoms with E-state index >= 15 is 0 Å². The molecule has 1 atom stereocenters.